The van der Waals surface area contributed by atoms with Crippen LogP contribution in [0.25, 0.3) is 0 Å². The van der Waals surface area contributed by atoms with Crippen molar-refractivity contribution in [1.29, 1.82) is 5.26 Å². The molecule has 16 heavy (non-hydrogen) atoms. The maximum atomic E-state index is 11.3. The van der Waals surface area contributed by atoms with Crippen LogP contribution in [0.1, 0.15) is 21.5 Å². The van der Waals surface area contributed by atoms with Gasteiger partial charge in [0.2, 0.25) is 0 Å². The molecule has 0 aromatic heterocycles. The first-order valence-corrected chi connectivity index (χ1v) is 4.48. The van der Waals surface area contributed by atoms with Crippen molar-refractivity contribution in [2.75, 3.05) is 14.2 Å². The molecule has 0 atom stereocenters. The van der Waals surface area contributed by atoms with E-state index in [1.165, 1.54) is 26.4 Å². The van der Waals surface area contributed by atoms with Crippen molar-refractivity contribution in [3.63, 3.8) is 0 Å². The number of benzene rings is 1. The fraction of sp³-hybridized carbons (Fsp3) is 0.273. The Labute approximate surface area is 92.8 Å². The van der Waals surface area contributed by atoms with Gasteiger partial charge in [-0.05, 0) is 12.1 Å². The van der Waals surface area contributed by atoms with Crippen molar-refractivity contribution in [1.82, 2.24) is 0 Å². The van der Waals surface area contributed by atoms with E-state index >= 15 is 0 Å². The minimum Gasteiger partial charge on any atom is -0.496 e. The summed E-state index contributed by atoms with van der Waals surface area (Å²) in [6.45, 7) is -0.326. The Balaban J connectivity index is 3.38. The van der Waals surface area contributed by atoms with Gasteiger partial charge in [0.1, 0.15) is 5.75 Å². The molecule has 0 bridgehead atoms. The smallest absolute Gasteiger partial charge is 0.338 e. The molecule has 0 unspecified atom stereocenters. The molecule has 1 aromatic carbocycles. The van der Waals surface area contributed by atoms with E-state index in [0.717, 1.165) is 0 Å². The van der Waals surface area contributed by atoms with E-state index in [1.54, 1.807) is 0 Å². The lowest BCUT2D eigenvalue weighted by Crippen LogP contribution is -2.05. The second kappa shape index (κ2) is 5.14. The Morgan fingerprint density at radius 1 is 1.50 bits per heavy atom. The third-order valence-electron chi connectivity index (χ3n) is 2.13. The maximum absolute atomic E-state index is 11.3. The van der Waals surface area contributed by atoms with E-state index in [4.69, 9.17) is 15.1 Å². The van der Waals surface area contributed by atoms with E-state index in [-0.39, 0.29) is 17.7 Å². The van der Waals surface area contributed by atoms with Crippen LogP contribution in [0.5, 0.6) is 5.75 Å². The molecule has 0 aliphatic carbocycles. The SMILES string of the molecule is COC(=O)c1cc(C#N)c(CO)c(OC)c1. The number of nitrogens with zero attached hydrogens (tertiary/aromatic N) is 1. The van der Waals surface area contributed by atoms with Crippen LogP contribution >= 0.6 is 0 Å². The summed E-state index contributed by atoms with van der Waals surface area (Å²) < 4.78 is 9.54. The first-order valence-electron chi connectivity index (χ1n) is 4.48. The van der Waals surface area contributed by atoms with Gasteiger partial charge in [-0.25, -0.2) is 4.79 Å². The van der Waals surface area contributed by atoms with Crippen molar-refractivity contribution in [3.8, 4) is 11.8 Å². The standard InChI is InChI=1S/C11H11NO4/c1-15-10-4-7(11(14)16-2)3-8(5-12)9(10)6-13/h3-4,13H,6H2,1-2H3. The van der Waals surface area contributed by atoms with Crippen LogP contribution in [0.3, 0.4) is 0 Å². The van der Waals surface area contributed by atoms with Crippen molar-refractivity contribution in [2.45, 2.75) is 6.61 Å². The first-order chi connectivity index (χ1) is 7.67. The molecule has 0 saturated carbocycles. The van der Waals surface area contributed by atoms with Gasteiger partial charge in [-0.15, -0.1) is 0 Å². The van der Waals surface area contributed by atoms with Gasteiger partial charge in [-0.1, -0.05) is 0 Å². The molecular formula is C11H11NO4. The van der Waals surface area contributed by atoms with E-state index in [9.17, 15) is 4.79 Å². The average Bonchev–Trinajstić information content (AvgIpc) is 2.35. The van der Waals surface area contributed by atoms with Crippen molar-refractivity contribution in [2.24, 2.45) is 0 Å². The topological polar surface area (TPSA) is 79.6 Å². The molecular weight excluding hydrogens is 210 g/mol. The number of nitriles is 1. The Hall–Kier alpha value is -2.06. The van der Waals surface area contributed by atoms with Crippen LogP contribution in [0, 0.1) is 11.3 Å². The van der Waals surface area contributed by atoms with Gasteiger partial charge in [0, 0.05) is 5.56 Å². The van der Waals surface area contributed by atoms with Crippen LogP contribution in [-0.2, 0) is 11.3 Å². The summed E-state index contributed by atoms with van der Waals surface area (Å²) in [5, 5.41) is 18.0. The van der Waals surface area contributed by atoms with Gasteiger partial charge in [0.05, 0.1) is 38.0 Å². The van der Waals surface area contributed by atoms with Crippen molar-refractivity contribution < 1.29 is 19.4 Å². The fourth-order valence-corrected chi connectivity index (χ4v) is 1.33. The number of hydrogen-bond donors (Lipinski definition) is 1. The van der Waals surface area contributed by atoms with Gasteiger partial charge in [0.15, 0.2) is 0 Å². The summed E-state index contributed by atoms with van der Waals surface area (Å²) in [5.74, 6) is -0.263. The second-order valence-electron chi connectivity index (χ2n) is 2.97. The molecule has 0 aliphatic rings. The van der Waals surface area contributed by atoms with Crippen LogP contribution in [0.2, 0.25) is 0 Å². The summed E-state index contributed by atoms with van der Waals surface area (Å²) in [4.78, 5) is 11.3. The molecule has 0 radical (unpaired) electrons. The highest BCUT2D eigenvalue weighted by molar-refractivity contribution is 5.90. The van der Waals surface area contributed by atoms with Crippen LogP contribution < -0.4 is 4.74 Å². The molecule has 84 valence electrons. The number of methoxy groups -OCH3 is 2. The molecule has 5 heteroatoms. The lowest BCUT2D eigenvalue weighted by Gasteiger charge is -2.09. The van der Waals surface area contributed by atoms with Gasteiger partial charge in [-0.3, -0.25) is 0 Å². The molecule has 0 amide bonds. The molecule has 0 aliphatic heterocycles. The fourth-order valence-electron chi connectivity index (χ4n) is 1.33. The molecule has 1 rings (SSSR count). The first kappa shape index (κ1) is 12.0. The number of ether oxygens (including phenoxy) is 2. The summed E-state index contributed by atoms with van der Waals surface area (Å²) >= 11 is 0. The maximum Gasteiger partial charge on any atom is 0.338 e. The second-order valence-corrected chi connectivity index (χ2v) is 2.97. The van der Waals surface area contributed by atoms with Gasteiger partial charge >= 0.3 is 5.97 Å². The predicted molar refractivity (Wildman–Crippen MR) is 55.0 cm³/mol. The minimum absolute atomic E-state index is 0.197. The van der Waals surface area contributed by atoms with Gasteiger partial charge in [-0.2, -0.15) is 5.26 Å². The van der Waals surface area contributed by atoms with Crippen LogP contribution in [0.4, 0.5) is 0 Å². The van der Waals surface area contributed by atoms with Crippen LogP contribution in [-0.4, -0.2) is 25.3 Å². The monoisotopic (exact) mass is 221 g/mol. The highest BCUT2D eigenvalue weighted by Gasteiger charge is 2.14. The van der Waals surface area contributed by atoms with E-state index in [0.29, 0.717) is 11.3 Å². The number of rotatable bonds is 3. The Bertz CT molecular complexity index is 448. The van der Waals surface area contributed by atoms with Gasteiger partial charge < -0.3 is 14.6 Å². The van der Waals surface area contributed by atoms with Crippen LogP contribution in [0.15, 0.2) is 12.1 Å². The summed E-state index contributed by atoms with van der Waals surface area (Å²) in [5.41, 5.74) is 0.771. The van der Waals surface area contributed by atoms with Crippen molar-refractivity contribution in [3.05, 3.63) is 28.8 Å². The predicted octanol–water partition coefficient (Wildman–Crippen LogP) is 0.846. The number of carbonyl (C=O) groups excluding carboxylic acids is 1. The number of carbonyl (C=O) groups is 1. The molecule has 5 nitrogen and oxygen atoms in total. The third kappa shape index (κ3) is 2.12. The molecule has 1 N–H and O–H groups in total. The summed E-state index contributed by atoms with van der Waals surface area (Å²) in [6, 6.07) is 4.68. The molecule has 0 fully saturated rings. The number of hydrogen-bond acceptors (Lipinski definition) is 5. The molecule has 0 spiro atoms. The van der Waals surface area contributed by atoms with E-state index in [2.05, 4.69) is 4.74 Å². The number of esters is 1. The Morgan fingerprint density at radius 3 is 2.62 bits per heavy atom. The Morgan fingerprint density at radius 2 is 2.19 bits per heavy atom. The molecule has 1 aromatic rings. The normalized spacial score (nSPS) is 9.38. The highest BCUT2D eigenvalue weighted by Crippen LogP contribution is 2.24. The highest BCUT2D eigenvalue weighted by atomic mass is 16.5. The number of aliphatic hydroxyl groups is 1. The molecule has 0 saturated heterocycles. The third-order valence-corrected chi connectivity index (χ3v) is 2.13. The number of aliphatic hydroxyl groups excluding tert-OH is 1. The lowest BCUT2D eigenvalue weighted by molar-refractivity contribution is 0.0600. The summed E-state index contributed by atoms with van der Waals surface area (Å²) in [6.07, 6.45) is 0. The largest absolute Gasteiger partial charge is 0.496 e. The zero-order valence-corrected chi connectivity index (χ0v) is 8.98. The van der Waals surface area contributed by atoms with Gasteiger partial charge in [0.25, 0.3) is 0 Å². The summed E-state index contributed by atoms with van der Waals surface area (Å²) in [7, 11) is 2.65. The van der Waals surface area contributed by atoms with Crippen molar-refractivity contribution >= 4 is 5.97 Å². The quantitative estimate of drug-likeness (QED) is 0.765. The zero-order valence-electron chi connectivity index (χ0n) is 8.98. The zero-order chi connectivity index (χ0) is 12.1. The lowest BCUT2D eigenvalue weighted by atomic mass is 10.0. The average molecular weight is 221 g/mol. The molecule has 0 heterocycles. The minimum atomic E-state index is -0.556. The van der Waals surface area contributed by atoms with E-state index < -0.39 is 5.97 Å². The van der Waals surface area contributed by atoms with E-state index in [1.807, 2.05) is 6.07 Å². The Kier molecular flexibility index (Phi) is 3.86.